The zero-order chi connectivity index (χ0) is 28.3. The number of nitrogens with one attached hydrogen (secondary N) is 1. The lowest BCUT2D eigenvalue weighted by molar-refractivity contribution is 0.0724. The molecule has 0 unspecified atom stereocenters. The number of carbonyl (C=O) groups is 2. The first-order valence-corrected chi connectivity index (χ1v) is 16.3. The van der Waals surface area contributed by atoms with E-state index in [0.29, 0.717) is 29.2 Å². The quantitative estimate of drug-likeness (QED) is 0.459. The molecule has 8 nitrogen and oxygen atoms in total. The van der Waals surface area contributed by atoms with Gasteiger partial charge in [-0.25, -0.2) is 8.42 Å². The molecule has 2 aromatic rings. The normalized spacial score (nSPS) is 16.7. The third-order valence-corrected chi connectivity index (χ3v) is 10.2. The van der Waals surface area contributed by atoms with Crippen LogP contribution in [0.2, 0.25) is 0 Å². The van der Waals surface area contributed by atoms with Gasteiger partial charge in [-0.3, -0.25) is 9.59 Å². The Morgan fingerprint density at radius 2 is 1.59 bits per heavy atom. The van der Waals surface area contributed by atoms with Crippen molar-refractivity contribution in [3.05, 3.63) is 45.8 Å². The molecule has 0 aliphatic carbocycles. The minimum Gasteiger partial charge on any atom is -0.339 e. The van der Waals surface area contributed by atoms with Crippen LogP contribution in [0.1, 0.15) is 78.1 Å². The molecule has 1 N–H and O–H groups in total. The van der Waals surface area contributed by atoms with Crippen molar-refractivity contribution in [3.8, 4) is 0 Å². The number of thiophene rings is 1. The number of rotatable bonds is 9. The van der Waals surface area contributed by atoms with E-state index in [9.17, 15) is 18.0 Å². The van der Waals surface area contributed by atoms with Crippen LogP contribution in [0.5, 0.6) is 0 Å². The van der Waals surface area contributed by atoms with Crippen LogP contribution < -0.4 is 5.32 Å². The summed E-state index contributed by atoms with van der Waals surface area (Å²) in [6.45, 7) is 12.0. The van der Waals surface area contributed by atoms with Crippen LogP contribution in [-0.2, 0) is 23.0 Å². The van der Waals surface area contributed by atoms with E-state index in [1.165, 1.54) is 27.8 Å². The molecule has 214 valence electrons. The molecule has 0 atom stereocenters. The molecular weight excluding hydrogens is 532 g/mol. The summed E-state index contributed by atoms with van der Waals surface area (Å²) in [5, 5.41) is 3.60. The SMILES string of the molecule is CC(C)CN(CC(C)C)S(=O)(=O)c1ccc(C(=O)Nc2sc3c(c2C(=O)N2CCCCC2)CCN(C)C3)cc1. The summed E-state index contributed by atoms with van der Waals surface area (Å²) in [6.07, 6.45) is 3.92. The van der Waals surface area contributed by atoms with Gasteiger partial charge in [-0.15, -0.1) is 11.3 Å². The van der Waals surface area contributed by atoms with Gasteiger partial charge in [0.05, 0.1) is 10.5 Å². The van der Waals surface area contributed by atoms with Gasteiger partial charge in [0.15, 0.2) is 0 Å². The highest BCUT2D eigenvalue weighted by Gasteiger charge is 2.31. The second-order valence-electron chi connectivity index (χ2n) is 11.6. The van der Waals surface area contributed by atoms with Crippen LogP contribution in [0.15, 0.2) is 29.2 Å². The summed E-state index contributed by atoms with van der Waals surface area (Å²) in [5.74, 6) is 0.0485. The van der Waals surface area contributed by atoms with E-state index < -0.39 is 10.0 Å². The second kappa shape index (κ2) is 12.5. The Labute approximate surface area is 237 Å². The smallest absolute Gasteiger partial charge is 0.257 e. The number of benzene rings is 1. The van der Waals surface area contributed by atoms with E-state index in [4.69, 9.17) is 0 Å². The first kappa shape index (κ1) is 29.7. The van der Waals surface area contributed by atoms with E-state index in [-0.39, 0.29) is 28.5 Å². The Morgan fingerprint density at radius 1 is 0.974 bits per heavy atom. The maximum atomic E-state index is 13.6. The zero-order valence-electron chi connectivity index (χ0n) is 23.8. The monoisotopic (exact) mass is 574 g/mol. The van der Waals surface area contributed by atoms with Gasteiger partial charge in [0.2, 0.25) is 10.0 Å². The number of anilines is 1. The van der Waals surface area contributed by atoms with Gasteiger partial charge >= 0.3 is 0 Å². The molecule has 1 aromatic carbocycles. The second-order valence-corrected chi connectivity index (χ2v) is 14.7. The van der Waals surface area contributed by atoms with Crippen LogP contribution >= 0.6 is 11.3 Å². The topological polar surface area (TPSA) is 90.0 Å². The van der Waals surface area contributed by atoms with Crippen LogP contribution in [0.4, 0.5) is 5.00 Å². The average molecular weight is 575 g/mol. The molecular formula is C29H42N4O4S2. The van der Waals surface area contributed by atoms with E-state index in [1.54, 1.807) is 12.1 Å². The molecule has 1 aromatic heterocycles. The molecule has 39 heavy (non-hydrogen) atoms. The van der Waals surface area contributed by atoms with E-state index >= 15 is 0 Å². The number of sulfonamides is 1. The average Bonchev–Trinajstić information content (AvgIpc) is 3.24. The Bertz CT molecular complexity index is 1270. The highest BCUT2D eigenvalue weighted by molar-refractivity contribution is 7.89. The predicted molar refractivity (Wildman–Crippen MR) is 157 cm³/mol. The molecule has 3 heterocycles. The number of likely N-dealkylation sites (tertiary alicyclic amines) is 1. The zero-order valence-corrected chi connectivity index (χ0v) is 25.5. The van der Waals surface area contributed by atoms with Gasteiger partial charge in [-0.05, 0) is 74.4 Å². The molecule has 0 saturated carbocycles. The molecule has 2 amide bonds. The summed E-state index contributed by atoms with van der Waals surface area (Å²) in [7, 11) is -1.62. The Kier molecular flexibility index (Phi) is 9.52. The Balaban J connectivity index is 1.57. The minimum atomic E-state index is -3.68. The van der Waals surface area contributed by atoms with Gasteiger partial charge in [0.25, 0.3) is 11.8 Å². The predicted octanol–water partition coefficient (Wildman–Crippen LogP) is 4.92. The summed E-state index contributed by atoms with van der Waals surface area (Å²) >= 11 is 1.48. The highest BCUT2D eigenvalue weighted by atomic mass is 32.2. The van der Waals surface area contributed by atoms with Crippen LogP contribution in [0.25, 0.3) is 0 Å². The fraction of sp³-hybridized carbons (Fsp3) is 0.586. The fourth-order valence-corrected chi connectivity index (χ4v) is 8.37. The van der Waals surface area contributed by atoms with Crippen molar-refractivity contribution in [2.75, 3.05) is 45.1 Å². The minimum absolute atomic E-state index is 0.00360. The lowest BCUT2D eigenvalue weighted by Gasteiger charge is -2.28. The molecule has 1 saturated heterocycles. The van der Waals surface area contributed by atoms with Crippen molar-refractivity contribution < 1.29 is 18.0 Å². The number of piperidine rings is 1. The van der Waals surface area contributed by atoms with Gasteiger partial charge in [-0.1, -0.05) is 27.7 Å². The molecule has 0 bridgehead atoms. The molecule has 2 aliphatic rings. The fourth-order valence-electron chi connectivity index (χ4n) is 5.29. The van der Waals surface area contributed by atoms with Crippen molar-refractivity contribution >= 4 is 38.2 Å². The first-order chi connectivity index (χ1) is 18.5. The van der Waals surface area contributed by atoms with Crippen molar-refractivity contribution in [3.63, 3.8) is 0 Å². The molecule has 10 heteroatoms. The van der Waals surface area contributed by atoms with Crippen molar-refractivity contribution in [1.82, 2.24) is 14.1 Å². The highest BCUT2D eigenvalue weighted by Crippen LogP contribution is 2.38. The maximum absolute atomic E-state index is 13.6. The van der Waals surface area contributed by atoms with Gasteiger partial charge < -0.3 is 15.1 Å². The van der Waals surface area contributed by atoms with Crippen molar-refractivity contribution in [2.24, 2.45) is 11.8 Å². The number of hydrogen-bond donors (Lipinski definition) is 1. The van der Waals surface area contributed by atoms with E-state index in [0.717, 1.165) is 62.3 Å². The summed E-state index contributed by atoms with van der Waals surface area (Å²) in [6, 6.07) is 6.12. The van der Waals surface area contributed by atoms with Gasteiger partial charge in [0, 0.05) is 49.7 Å². The molecule has 4 rings (SSSR count). The third kappa shape index (κ3) is 6.90. The van der Waals surface area contributed by atoms with Crippen LogP contribution in [0, 0.1) is 11.8 Å². The van der Waals surface area contributed by atoms with Crippen LogP contribution in [0.3, 0.4) is 0 Å². The number of nitrogens with zero attached hydrogens (tertiary/aromatic N) is 3. The summed E-state index contributed by atoms with van der Waals surface area (Å²) in [4.78, 5) is 32.4. The van der Waals surface area contributed by atoms with Gasteiger partial charge in [0.1, 0.15) is 5.00 Å². The van der Waals surface area contributed by atoms with Crippen LogP contribution in [-0.4, -0.2) is 74.1 Å². The molecule has 1 fully saturated rings. The number of carbonyl (C=O) groups excluding carboxylic acids is 2. The molecule has 0 spiro atoms. The van der Waals surface area contributed by atoms with E-state index in [1.807, 2.05) is 32.6 Å². The van der Waals surface area contributed by atoms with Crippen molar-refractivity contribution in [2.45, 2.75) is 64.8 Å². The van der Waals surface area contributed by atoms with E-state index in [2.05, 4.69) is 17.3 Å². The standard InChI is InChI=1S/C29H42N4O4S2/c1-20(2)17-33(18-21(3)4)39(36,37)23-11-9-22(10-12-23)27(34)30-28-26(29(35)32-14-7-6-8-15-32)24-13-16-31(5)19-25(24)38-28/h9-12,20-21H,6-8,13-19H2,1-5H3,(H,30,34). The molecule has 2 aliphatic heterocycles. The number of likely N-dealkylation sites (N-methyl/N-ethyl adjacent to an activating group) is 1. The van der Waals surface area contributed by atoms with Crippen molar-refractivity contribution in [1.29, 1.82) is 0 Å². The summed E-state index contributed by atoms with van der Waals surface area (Å²) in [5.41, 5.74) is 2.05. The molecule has 0 radical (unpaired) electrons. The number of fused-ring (bicyclic) bond motifs is 1. The Hall–Kier alpha value is -2.27. The lowest BCUT2D eigenvalue weighted by atomic mass is 10.0. The third-order valence-electron chi connectivity index (χ3n) is 7.22. The number of amides is 2. The van der Waals surface area contributed by atoms with Gasteiger partial charge in [-0.2, -0.15) is 4.31 Å². The number of hydrogen-bond acceptors (Lipinski definition) is 6. The maximum Gasteiger partial charge on any atom is 0.257 e. The summed E-state index contributed by atoms with van der Waals surface area (Å²) < 4.78 is 28.3. The first-order valence-electron chi connectivity index (χ1n) is 14.0. The Morgan fingerprint density at radius 3 is 2.18 bits per heavy atom. The largest absolute Gasteiger partial charge is 0.339 e. The lowest BCUT2D eigenvalue weighted by Crippen LogP contribution is -2.37.